The summed E-state index contributed by atoms with van der Waals surface area (Å²) in [5.74, 6) is 0.180. The Hall–Kier alpha value is -1.22. The van der Waals surface area contributed by atoms with Gasteiger partial charge in [0.05, 0.1) is 5.69 Å². The first-order valence-electron chi connectivity index (χ1n) is 6.06. The van der Waals surface area contributed by atoms with Crippen LogP contribution in [0.15, 0.2) is 12.1 Å². The maximum Gasteiger partial charge on any atom is 0.242 e. The molecule has 0 aliphatic carbocycles. The number of alkyl halides is 1. The summed E-state index contributed by atoms with van der Waals surface area (Å²) in [6.07, 6.45) is 0.610. The van der Waals surface area contributed by atoms with Crippen LogP contribution in [-0.2, 0) is 4.79 Å². The average Bonchev–Trinajstić information content (AvgIpc) is 2.24. The number of carbonyl (C=O) groups excluding carboxylic acids is 1. The normalized spacial score (nSPS) is 12.6. The van der Waals surface area contributed by atoms with E-state index in [2.05, 4.69) is 5.32 Å². The molecule has 0 aliphatic rings. The van der Waals surface area contributed by atoms with Crippen LogP contribution < -0.4 is 5.32 Å². The van der Waals surface area contributed by atoms with Gasteiger partial charge in [-0.1, -0.05) is 19.9 Å². The van der Waals surface area contributed by atoms with Gasteiger partial charge in [-0.3, -0.25) is 4.79 Å². The van der Waals surface area contributed by atoms with Crippen LogP contribution in [0.3, 0.4) is 0 Å². The highest BCUT2D eigenvalue weighted by molar-refractivity contribution is 6.32. The summed E-state index contributed by atoms with van der Waals surface area (Å²) in [6, 6.07) is 3.59. The molecule has 1 amide bonds. The summed E-state index contributed by atoms with van der Waals surface area (Å²) in [5, 5.41) is 12.0. The number of halogens is 1. The quantitative estimate of drug-likeness (QED) is 0.648. The van der Waals surface area contributed by atoms with Gasteiger partial charge in [0.25, 0.3) is 0 Å². The van der Waals surface area contributed by atoms with Gasteiger partial charge in [-0.2, -0.15) is 0 Å². The number of benzene rings is 1. The van der Waals surface area contributed by atoms with E-state index >= 15 is 0 Å². The molecule has 0 fully saturated rings. The third kappa shape index (κ3) is 3.91. The van der Waals surface area contributed by atoms with Crippen molar-refractivity contribution in [2.45, 2.75) is 39.5 Å². The number of aromatic hydroxyl groups is 1. The Morgan fingerprint density at radius 1 is 1.39 bits per heavy atom. The van der Waals surface area contributed by atoms with Gasteiger partial charge >= 0.3 is 0 Å². The molecule has 0 spiro atoms. The van der Waals surface area contributed by atoms with E-state index in [1.807, 2.05) is 26.8 Å². The van der Waals surface area contributed by atoms with Gasteiger partial charge in [0, 0.05) is 0 Å². The molecule has 4 heteroatoms. The van der Waals surface area contributed by atoms with Crippen molar-refractivity contribution < 1.29 is 9.90 Å². The number of anilines is 1. The number of hydrogen-bond donors (Lipinski definition) is 2. The summed E-state index contributed by atoms with van der Waals surface area (Å²) < 4.78 is 0. The zero-order chi connectivity index (χ0) is 13.9. The molecule has 0 saturated heterocycles. The van der Waals surface area contributed by atoms with E-state index in [9.17, 15) is 9.90 Å². The predicted octanol–water partition coefficient (Wildman–Crippen LogP) is 3.60. The molecule has 3 nitrogen and oxygen atoms in total. The van der Waals surface area contributed by atoms with Crippen LogP contribution in [0.1, 0.15) is 31.4 Å². The predicted molar refractivity (Wildman–Crippen MR) is 75.3 cm³/mol. The van der Waals surface area contributed by atoms with Gasteiger partial charge in [-0.15, -0.1) is 11.6 Å². The highest BCUT2D eigenvalue weighted by Gasteiger charge is 2.18. The first-order valence-corrected chi connectivity index (χ1v) is 6.50. The molecule has 1 atom stereocenters. The SMILES string of the molecule is Cc1cc(C)c(O)c(NC(=O)C(Cl)CC(C)C)c1. The van der Waals surface area contributed by atoms with Gasteiger partial charge < -0.3 is 10.4 Å². The molecule has 1 aromatic carbocycles. The van der Waals surface area contributed by atoms with E-state index in [-0.39, 0.29) is 11.7 Å². The molecule has 1 rings (SSSR count). The molecule has 0 saturated carbocycles. The van der Waals surface area contributed by atoms with E-state index in [1.165, 1.54) is 0 Å². The van der Waals surface area contributed by atoms with Crippen LogP contribution >= 0.6 is 11.6 Å². The van der Waals surface area contributed by atoms with E-state index < -0.39 is 5.38 Å². The van der Waals surface area contributed by atoms with Crippen LogP contribution in [0, 0.1) is 19.8 Å². The summed E-state index contributed by atoms with van der Waals surface area (Å²) in [4.78, 5) is 11.9. The molecular weight excluding hydrogens is 250 g/mol. The maximum absolute atomic E-state index is 11.9. The lowest BCUT2D eigenvalue weighted by atomic mass is 10.1. The van der Waals surface area contributed by atoms with Gasteiger partial charge in [-0.05, 0) is 43.4 Å². The topological polar surface area (TPSA) is 49.3 Å². The standard InChI is InChI=1S/C14H20ClNO2/c1-8(2)5-11(15)14(18)16-12-7-9(3)6-10(4)13(12)17/h6-8,11,17H,5H2,1-4H3,(H,16,18). The van der Waals surface area contributed by atoms with Gasteiger partial charge in [0.2, 0.25) is 5.91 Å². The van der Waals surface area contributed by atoms with Crippen LogP contribution in [0.2, 0.25) is 0 Å². The lowest BCUT2D eigenvalue weighted by Crippen LogP contribution is -2.24. The molecule has 0 radical (unpaired) electrons. The van der Waals surface area contributed by atoms with E-state index in [0.29, 0.717) is 18.0 Å². The highest BCUT2D eigenvalue weighted by atomic mass is 35.5. The van der Waals surface area contributed by atoms with Crippen molar-refractivity contribution in [1.82, 2.24) is 0 Å². The Balaban J connectivity index is 2.82. The molecule has 18 heavy (non-hydrogen) atoms. The van der Waals surface area contributed by atoms with Crippen molar-refractivity contribution in [3.8, 4) is 5.75 Å². The Bertz CT molecular complexity index is 444. The molecule has 0 heterocycles. The van der Waals surface area contributed by atoms with Crippen LogP contribution in [-0.4, -0.2) is 16.4 Å². The third-order valence-corrected chi connectivity index (χ3v) is 3.04. The number of aryl methyl sites for hydroxylation is 2. The zero-order valence-corrected chi connectivity index (χ0v) is 12.0. The average molecular weight is 270 g/mol. The fraction of sp³-hybridized carbons (Fsp3) is 0.500. The van der Waals surface area contributed by atoms with Gasteiger partial charge in [0.1, 0.15) is 11.1 Å². The number of amides is 1. The Kier molecular flexibility index (Phi) is 5.03. The molecule has 2 N–H and O–H groups in total. The highest BCUT2D eigenvalue weighted by Crippen LogP contribution is 2.29. The third-order valence-electron chi connectivity index (χ3n) is 2.67. The van der Waals surface area contributed by atoms with Crippen molar-refractivity contribution >= 4 is 23.2 Å². The molecule has 0 aliphatic heterocycles. The van der Waals surface area contributed by atoms with Gasteiger partial charge in [-0.25, -0.2) is 0 Å². The summed E-state index contributed by atoms with van der Waals surface area (Å²) >= 11 is 6.01. The minimum absolute atomic E-state index is 0.0994. The number of hydrogen-bond acceptors (Lipinski definition) is 2. The maximum atomic E-state index is 11.9. The Morgan fingerprint density at radius 3 is 2.56 bits per heavy atom. The minimum Gasteiger partial charge on any atom is -0.505 e. The molecule has 0 aromatic heterocycles. The van der Waals surface area contributed by atoms with Crippen LogP contribution in [0.5, 0.6) is 5.75 Å². The Labute approximate surface area is 113 Å². The first kappa shape index (κ1) is 14.8. The second-order valence-corrected chi connectivity index (χ2v) is 5.59. The fourth-order valence-corrected chi connectivity index (χ4v) is 2.20. The summed E-state index contributed by atoms with van der Waals surface area (Å²) in [5.41, 5.74) is 2.14. The monoisotopic (exact) mass is 269 g/mol. The van der Waals surface area contributed by atoms with Crippen molar-refractivity contribution in [3.63, 3.8) is 0 Å². The first-order chi connectivity index (χ1) is 8.31. The summed E-state index contributed by atoms with van der Waals surface area (Å²) in [7, 11) is 0. The molecule has 1 aromatic rings. The number of carbonyl (C=O) groups is 1. The van der Waals surface area contributed by atoms with Crippen molar-refractivity contribution in [3.05, 3.63) is 23.3 Å². The lowest BCUT2D eigenvalue weighted by Gasteiger charge is -2.14. The summed E-state index contributed by atoms with van der Waals surface area (Å²) in [6.45, 7) is 7.73. The lowest BCUT2D eigenvalue weighted by molar-refractivity contribution is -0.116. The van der Waals surface area contributed by atoms with Crippen molar-refractivity contribution in [1.29, 1.82) is 0 Å². The van der Waals surface area contributed by atoms with E-state index in [0.717, 1.165) is 11.1 Å². The zero-order valence-electron chi connectivity index (χ0n) is 11.2. The number of rotatable bonds is 4. The second-order valence-electron chi connectivity index (χ2n) is 5.06. The molecule has 0 bridgehead atoms. The van der Waals surface area contributed by atoms with Crippen LogP contribution in [0.25, 0.3) is 0 Å². The largest absolute Gasteiger partial charge is 0.505 e. The van der Waals surface area contributed by atoms with Crippen molar-refractivity contribution in [2.24, 2.45) is 5.92 Å². The minimum atomic E-state index is -0.579. The van der Waals surface area contributed by atoms with Crippen LogP contribution in [0.4, 0.5) is 5.69 Å². The molecular formula is C14H20ClNO2. The molecule has 100 valence electrons. The smallest absolute Gasteiger partial charge is 0.242 e. The number of phenolic OH excluding ortho intramolecular Hbond substituents is 1. The van der Waals surface area contributed by atoms with E-state index in [4.69, 9.17) is 11.6 Å². The number of nitrogens with one attached hydrogen (secondary N) is 1. The van der Waals surface area contributed by atoms with E-state index in [1.54, 1.807) is 13.0 Å². The number of phenols is 1. The van der Waals surface area contributed by atoms with Crippen molar-refractivity contribution in [2.75, 3.05) is 5.32 Å². The molecule has 1 unspecified atom stereocenters. The second kappa shape index (κ2) is 6.10. The van der Waals surface area contributed by atoms with Gasteiger partial charge in [0.15, 0.2) is 0 Å². The fourth-order valence-electron chi connectivity index (χ4n) is 1.79. The Morgan fingerprint density at radius 2 is 2.00 bits per heavy atom.